The normalized spacial score (nSPS) is 10.5. The second-order valence-electron chi connectivity index (χ2n) is 3.57. The molecule has 1 aromatic carbocycles. The Labute approximate surface area is 114 Å². The van der Waals surface area contributed by atoms with Gasteiger partial charge in [0.2, 0.25) is 0 Å². The molecular formula is C13H11BrClNO. The van der Waals surface area contributed by atoms with Crippen LogP contribution < -0.4 is 0 Å². The number of nitrogens with zero attached hydrogens (tertiary/aromatic N) is 1. The van der Waals surface area contributed by atoms with E-state index in [4.69, 9.17) is 16.3 Å². The van der Waals surface area contributed by atoms with E-state index in [1.165, 1.54) is 0 Å². The molecule has 2 nitrogen and oxygen atoms in total. The number of hydrogen-bond donors (Lipinski definition) is 0. The van der Waals surface area contributed by atoms with Gasteiger partial charge in [-0.25, -0.2) is 4.98 Å². The van der Waals surface area contributed by atoms with E-state index in [-0.39, 0.29) is 0 Å². The van der Waals surface area contributed by atoms with Gasteiger partial charge in [0.25, 0.3) is 0 Å². The monoisotopic (exact) mass is 311 g/mol. The summed E-state index contributed by atoms with van der Waals surface area (Å²) < 4.78 is 6.65. The van der Waals surface area contributed by atoms with Gasteiger partial charge >= 0.3 is 0 Å². The first-order valence-electron chi connectivity index (χ1n) is 5.17. The van der Waals surface area contributed by atoms with Crippen molar-refractivity contribution in [1.29, 1.82) is 0 Å². The highest BCUT2D eigenvalue weighted by Gasteiger charge is 2.00. The molecule has 2 rings (SSSR count). The summed E-state index contributed by atoms with van der Waals surface area (Å²) in [5, 5.41) is 0.503. The fourth-order valence-corrected chi connectivity index (χ4v) is 1.82. The molecule has 0 saturated carbocycles. The van der Waals surface area contributed by atoms with E-state index in [0.717, 1.165) is 15.6 Å². The Bertz CT molecular complexity index is 487. The van der Waals surface area contributed by atoms with Gasteiger partial charge in [0.05, 0.1) is 13.2 Å². The van der Waals surface area contributed by atoms with E-state index in [2.05, 4.69) is 20.9 Å². The Kier molecular flexibility index (Phi) is 4.54. The lowest BCUT2D eigenvalue weighted by Gasteiger charge is -2.05. The van der Waals surface area contributed by atoms with E-state index < -0.39 is 0 Å². The molecule has 0 aliphatic heterocycles. The van der Waals surface area contributed by atoms with E-state index in [1.54, 1.807) is 6.20 Å². The Morgan fingerprint density at radius 1 is 1.12 bits per heavy atom. The van der Waals surface area contributed by atoms with Crippen LogP contribution in [0.1, 0.15) is 11.1 Å². The van der Waals surface area contributed by atoms with Crippen LogP contribution in [0.15, 0.2) is 47.1 Å². The predicted octanol–water partition coefficient (Wildman–Crippen LogP) is 4.21. The number of benzene rings is 1. The quantitative estimate of drug-likeness (QED) is 0.789. The Morgan fingerprint density at radius 3 is 2.59 bits per heavy atom. The fourth-order valence-electron chi connectivity index (χ4n) is 1.39. The number of aromatic nitrogens is 1. The standard InChI is InChI=1S/C13H11BrClNO/c14-12-5-3-10(4-6-12)8-17-9-11-2-1-7-16-13(11)15/h1-7H,8-9H2. The van der Waals surface area contributed by atoms with Gasteiger partial charge in [0.1, 0.15) is 5.15 Å². The van der Waals surface area contributed by atoms with Crippen LogP contribution in [0.4, 0.5) is 0 Å². The molecule has 0 spiro atoms. The molecule has 4 heteroatoms. The molecule has 2 aromatic rings. The van der Waals surface area contributed by atoms with E-state index in [1.807, 2.05) is 36.4 Å². The third kappa shape index (κ3) is 3.80. The van der Waals surface area contributed by atoms with Crippen molar-refractivity contribution in [3.63, 3.8) is 0 Å². The topological polar surface area (TPSA) is 22.1 Å². The van der Waals surface area contributed by atoms with Gasteiger partial charge in [-0.3, -0.25) is 0 Å². The maximum absolute atomic E-state index is 5.93. The molecule has 0 unspecified atom stereocenters. The van der Waals surface area contributed by atoms with Crippen molar-refractivity contribution in [2.24, 2.45) is 0 Å². The molecule has 0 radical (unpaired) electrons. The highest BCUT2D eigenvalue weighted by atomic mass is 79.9. The first kappa shape index (κ1) is 12.6. The van der Waals surface area contributed by atoms with E-state index >= 15 is 0 Å². The van der Waals surface area contributed by atoms with E-state index in [9.17, 15) is 0 Å². The minimum Gasteiger partial charge on any atom is -0.372 e. The van der Waals surface area contributed by atoms with Crippen LogP contribution in [0.25, 0.3) is 0 Å². The maximum Gasteiger partial charge on any atom is 0.134 e. The number of rotatable bonds is 4. The average Bonchev–Trinajstić information content (AvgIpc) is 2.34. The summed E-state index contributed by atoms with van der Waals surface area (Å²) in [7, 11) is 0. The van der Waals surface area contributed by atoms with Crippen molar-refractivity contribution < 1.29 is 4.74 Å². The lowest BCUT2D eigenvalue weighted by atomic mass is 10.2. The summed E-state index contributed by atoms with van der Waals surface area (Å²) in [6, 6.07) is 11.8. The van der Waals surface area contributed by atoms with Crippen LogP contribution in [0.3, 0.4) is 0 Å². The van der Waals surface area contributed by atoms with Crippen LogP contribution in [0.2, 0.25) is 5.15 Å². The Balaban J connectivity index is 1.88. The first-order valence-corrected chi connectivity index (χ1v) is 6.34. The summed E-state index contributed by atoms with van der Waals surface area (Å²) in [5.74, 6) is 0. The summed E-state index contributed by atoms with van der Waals surface area (Å²) in [4.78, 5) is 4.00. The number of halogens is 2. The van der Waals surface area contributed by atoms with Gasteiger partial charge in [0, 0.05) is 16.2 Å². The number of pyridine rings is 1. The van der Waals surface area contributed by atoms with Gasteiger partial charge in [-0.05, 0) is 23.8 Å². The zero-order chi connectivity index (χ0) is 12.1. The molecule has 17 heavy (non-hydrogen) atoms. The third-order valence-corrected chi connectivity index (χ3v) is 3.14. The van der Waals surface area contributed by atoms with Crippen LogP contribution in [-0.2, 0) is 18.0 Å². The minimum absolute atomic E-state index is 0.475. The molecule has 0 fully saturated rings. The molecule has 1 heterocycles. The summed E-state index contributed by atoms with van der Waals surface area (Å²) in [5.41, 5.74) is 2.04. The van der Waals surface area contributed by atoms with Crippen LogP contribution >= 0.6 is 27.5 Å². The minimum atomic E-state index is 0.475. The second-order valence-corrected chi connectivity index (χ2v) is 4.85. The Hall–Kier alpha value is -0.900. The molecular weight excluding hydrogens is 302 g/mol. The maximum atomic E-state index is 5.93. The highest BCUT2D eigenvalue weighted by molar-refractivity contribution is 9.10. The van der Waals surface area contributed by atoms with Crippen molar-refractivity contribution in [1.82, 2.24) is 4.98 Å². The summed E-state index contributed by atoms with van der Waals surface area (Å²) >= 11 is 9.32. The van der Waals surface area contributed by atoms with Crippen molar-refractivity contribution in [3.8, 4) is 0 Å². The fraction of sp³-hybridized carbons (Fsp3) is 0.154. The van der Waals surface area contributed by atoms with Gasteiger partial charge in [-0.2, -0.15) is 0 Å². The molecule has 0 N–H and O–H groups in total. The van der Waals surface area contributed by atoms with Crippen molar-refractivity contribution >= 4 is 27.5 Å². The van der Waals surface area contributed by atoms with E-state index in [0.29, 0.717) is 18.4 Å². The van der Waals surface area contributed by atoms with Gasteiger partial charge in [0.15, 0.2) is 0 Å². The third-order valence-electron chi connectivity index (χ3n) is 2.28. The molecule has 0 atom stereocenters. The zero-order valence-electron chi connectivity index (χ0n) is 9.07. The van der Waals surface area contributed by atoms with Gasteiger partial charge < -0.3 is 4.74 Å². The molecule has 0 bridgehead atoms. The summed E-state index contributed by atoms with van der Waals surface area (Å²) in [6.45, 7) is 1.04. The van der Waals surface area contributed by atoms with Gasteiger partial charge in [-0.15, -0.1) is 0 Å². The lowest BCUT2D eigenvalue weighted by Crippen LogP contribution is -1.95. The van der Waals surface area contributed by atoms with Crippen LogP contribution in [0.5, 0.6) is 0 Å². The smallest absolute Gasteiger partial charge is 0.134 e. The first-order chi connectivity index (χ1) is 8.25. The van der Waals surface area contributed by atoms with Crippen LogP contribution in [-0.4, -0.2) is 4.98 Å². The van der Waals surface area contributed by atoms with Crippen LogP contribution in [0, 0.1) is 0 Å². The molecule has 0 saturated heterocycles. The molecule has 88 valence electrons. The second kappa shape index (κ2) is 6.15. The molecule has 0 aliphatic rings. The Morgan fingerprint density at radius 2 is 1.88 bits per heavy atom. The summed E-state index contributed by atoms with van der Waals surface area (Å²) in [6.07, 6.45) is 1.67. The molecule has 0 aliphatic carbocycles. The number of ether oxygens (including phenoxy) is 1. The highest BCUT2D eigenvalue weighted by Crippen LogP contribution is 2.15. The van der Waals surface area contributed by atoms with Crippen molar-refractivity contribution in [2.75, 3.05) is 0 Å². The largest absolute Gasteiger partial charge is 0.372 e. The molecule has 0 amide bonds. The average molecular weight is 313 g/mol. The van der Waals surface area contributed by atoms with Crippen molar-refractivity contribution in [2.45, 2.75) is 13.2 Å². The van der Waals surface area contributed by atoms with Gasteiger partial charge in [-0.1, -0.05) is 45.7 Å². The SMILES string of the molecule is Clc1ncccc1COCc1ccc(Br)cc1. The predicted molar refractivity (Wildman–Crippen MR) is 71.9 cm³/mol. The molecule has 1 aromatic heterocycles. The zero-order valence-corrected chi connectivity index (χ0v) is 11.4. The lowest BCUT2D eigenvalue weighted by molar-refractivity contribution is 0.107. The number of hydrogen-bond acceptors (Lipinski definition) is 2. The van der Waals surface area contributed by atoms with Crippen molar-refractivity contribution in [3.05, 3.63) is 63.3 Å².